The molecule has 3 atom stereocenters. The molecule has 1 unspecified atom stereocenters. The van der Waals surface area contributed by atoms with Crippen molar-refractivity contribution in [1.82, 2.24) is 9.80 Å². The lowest BCUT2D eigenvalue weighted by Gasteiger charge is -2.38. The Kier molecular flexibility index (Phi) is 22.0. The van der Waals surface area contributed by atoms with Gasteiger partial charge in [-0.25, -0.2) is 0 Å². The summed E-state index contributed by atoms with van der Waals surface area (Å²) in [6.07, 6.45) is 13.7. The topological polar surface area (TPSA) is 113 Å². The van der Waals surface area contributed by atoms with E-state index in [1.54, 1.807) is 26.0 Å². The number of ether oxygens (including phenoxy) is 2. The summed E-state index contributed by atoms with van der Waals surface area (Å²) in [6, 6.07) is 17.5. The molecule has 2 aliphatic rings. The number of phenols is 1. The van der Waals surface area contributed by atoms with Gasteiger partial charge in [0.25, 0.3) is 11.8 Å². The van der Waals surface area contributed by atoms with Crippen molar-refractivity contribution in [3.05, 3.63) is 78.1 Å². The molecule has 0 spiro atoms. The molecular weight excluding hydrogens is 729 g/mol. The Bertz CT molecular complexity index is 1550. The number of carbonyl (C=O) groups excluding carboxylic acids is 4. The van der Waals surface area contributed by atoms with Crippen LogP contribution in [-0.4, -0.2) is 76.9 Å². The zero-order chi connectivity index (χ0) is 43.3. The van der Waals surface area contributed by atoms with Crippen LogP contribution in [0.25, 0.3) is 0 Å². The van der Waals surface area contributed by atoms with Gasteiger partial charge < -0.3 is 24.4 Å². The number of unbranched alkanes of at least 4 members (excludes halogenated alkanes) is 3. The predicted octanol–water partition coefficient (Wildman–Crippen LogP) is 10.3. The Morgan fingerprint density at radius 3 is 2.07 bits per heavy atom. The molecule has 2 saturated heterocycles. The van der Waals surface area contributed by atoms with Gasteiger partial charge in [-0.05, 0) is 87.0 Å². The van der Waals surface area contributed by atoms with E-state index in [0.29, 0.717) is 37.1 Å². The van der Waals surface area contributed by atoms with Crippen LogP contribution in [0.3, 0.4) is 0 Å². The zero-order valence-corrected chi connectivity index (χ0v) is 37.4. The van der Waals surface area contributed by atoms with Crippen LogP contribution in [0.15, 0.2) is 66.9 Å². The maximum absolute atomic E-state index is 12.8. The molecule has 0 saturated carbocycles. The van der Waals surface area contributed by atoms with Crippen molar-refractivity contribution in [3.8, 4) is 5.75 Å². The van der Waals surface area contributed by atoms with E-state index >= 15 is 0 Å². The fraction of sp³-hybridized carbons (Fsp3) is 0.633. The lowest BCUT2D eigenvalue weighted by molar-refractivity contribution is -0.151. The first-order valence-corrected chi connectivity index (χ1v) is 22.0. The summed E-state index contributed by atoms with van der Waals surface area (Å²) in [5, 5.41) is 9.34. The standard InChI is InChI=1S/C26H41NO3.C21H29NO4.C2H6/c1-20(11-7-5-6-8-12-21-14-16-23(28)17-15-21)19-22-13-9-10-18-27(22)25(30)24(29)26(2,3)4;1-5-21(3,4)19(23)20(24)22-15-25-14-18(22)16(2)26-13-9-12-17-10-7-6-8-11-17;1-2/h14-17,20,22,28H,5-13,18-19H2,1-4H3;6-8,10-11,18H,2,5,9,12-15H2,1,3-4H3;1-2H3/t20?,22-;18-;/m00./s1. The minimum absolute atomic E-state index is 0.0986. The average Bonchev–Trinajstić information content (AvgIpc) is 3.72. The van der Waals surface area contributed by atoms with Gasteiger partial charge in [-0.1, -0.05) is 137 Å². The van der Waals surface area contributed by atoms with Crippen molar-refractivity contribution in [2.75, 3.05) is 26.5 Å². The van der Waals surface area contributed by atoms with Gasteiger partial charge in [0, 0.05) is 23.4 Å². The Morgan fingerprint density at radius 1 is 0.828 bits per heavy atom. The van der Waals surface area contributed by atoms with E-state index in [9.17, 15) is 24.3 Å². The van der Waals surface area contributed by atoms with Crippen molar-refractivity contribution in [2.24, 2.45) is 16.7 Å². The SMILES string of the molecule is C=C(OCCCc1ccccc1)[C@@H]1COCN1C(=O)C(=O)C(C)(C)CC.CC.CC(CCCCCCc1ccc(O)cc1)C[C@@H]1CCCCN1C(=O)C(=O)C(C)(C)C. The number of benzene rings is 2. The molecule has 9 nitrogen and oxygen atoms in total. The molecule has 2 aliphatic heterocycles. The molecule has 9 heteroatoms. The quantitative estimate of drug-likeness (QED) is 0.0854. The fourth-order valence-corrected chi connectivity index (χ4v) is 7.10. The number of amides is 2. The monoisotopic (exact) mass is 805 g/mol. The number of nitrogens with zero attached hydrogens (tertiary/aromatic N) is 2. The van der Waals surface area contributed by atoms with Gasteiger partial charge in [0.15, 0.2) is 0 Å². The van der Waals surface area contributed by atoms with E-state index in [1.165, 1.54) is 48.1 Å². The first kappa shape index (κ1) is 50.2. The van der Waals surface area contributed by atoms with Crippen molar-refractivity contribution in [1.29, 1.82) is 0 Å². The summed E-state index contributed by atoms with van der Waals surface area (Å²) in [5.41, 5.74) is 1.26. The number of phenolic OH excluding ortho intramolecular Hbond substituents is 1. The van der Waals surface area contributed by atoms with Crippen molar-refractivity contribution >= 4 is 23.4 Å². The molecule has 324 valence electrons. The Labute approximate surface area is 350 Å². The first-order chi connectivity index (χ1) is 27.5. The van der Waals surface area contributed by atoms with Gasteiger partial charge in [0.05, 0.1) is 13.2 Å². The minimum atomic E-state index is -0.678. The summed E-state index contributed by atoms with van der Waals surface area (Å²) >= 11 is 0. The summed E-state index contributed by atoms with van der Waals surface area (Å²) in [6.45, 7) is 22.9. The summed E-state index contributed by atoms with van der Waals surface area (Å²) in [4.78, 5) is 53.6. The number of hydrogen-bond donors (Lipinski definition) is 1. The molecule has 0 radical (unpaired) electrons. The van der Waals surface area contributed by atoms with Gasteiger partial charge in [0.1, 0.15) is 24.3 Å². The lowest BCUT2D eigenvalue weighted by atomic mass is 9.84. The molecule has 0 aliphatic carbocycles. The average molecular weight is 805 g/mol. The zero-order valence-electron chi connectivity index (χ0n) is 37.4. The number of aromatic hydroxyl groups is 1. The lowest BCUT2D eigenvalue weighted by Crippen LogP contribution is -2.49. The van der Waals surface area contributed by atoms with Crippen LogP contribution in [0.5, 0.6) is 5.75 Å². The van der Waals surface area contributed by atoms with Crippen molar-refractivity contribution < 1.29 is 33.8 Å². The highest BCUT2D eigenvalue weighted by Gasteiger charge is 2.41. The number of rotatable bonds is 19. The molecule has 2 heterocycles. The number of piperidine rings is 1. The number of ketones is 2. The Hall–Kier alpha value is -3.98. The molecule has 4 rings (SSSR count). The maximum atomic E-state index is 12.8. The van der Waals surface area contributed by atoms with E-state index in [0.717, 1.165) is 51.5 Å². The molecule has 0 bridgehead atoms. The van der Waals surface area contributed by atoms with Crippen LogP contribution in [0.1, 0.15) is 144 Å². The number of Topliss-reactive ketones (excluding diaryl/α,β-unsaturated/α-hetero) is 2. The van der Waals surface area contributed by atoms with E-state index in [1.807, 2.05) is 76.8 Å². The molecule has 2 aromatic carbocycles. The largest absolute Gasteiger partial charge is 0.508 e. The first-order valence-electron chi connectivity index (χ1n) is 22.0. The summed E-state index contributed by atoms with van der Waals surface area (Å²) in [5.74, 6) is -0.0601. The summed E-state index contributed by atoms with van der Waals surface area (Å²) < 4.78 is 11.1. The Morgan fingerprint density at radius 2 is 1.43 bits per heavy atom. The van der Waals surface area contributed by atoms with Gasteiger partial charge in [-0.2, -0.15) is 0 Å². The van der Waals surface area contributed by atoms with Crippen LogP contribution in [0.2, 0.25) is 0 Å². The second kappa shape index (κ2) is 25.5. The molecule has 0 aromatic heterocycles. The Balaban J connectivity index is 0.000000387. The van der Waals surface area contributed by atoms with E-state index in [-0.39, 0.29) is 24.5 Å². The summed E-state index contributed by atoms with van der Waals surface area (Å²) in [7, 11) is 0. The van der Waals surface area contributed by atoms with E-state index in [4.69, 9.17) is 9.47 Å². The predicted molar refractivity (Wildman–Crippen MR) is 234 cm³/mol. The van der Waals surface area contributed by atoms with Gasteiger partial charge in [0.2, 0.25) is 11.6 Å². The van der Waals surface area contributed by atoms with Crippen molar-refractivity contribution in [2.45, 2.75) is 158 Å². The molecule has 1 N–H and O–H groups in total. The van der Waals surface area contributed by atoms with E-state index in [2.05, 4.69) is 25.6 Å². The number of likely N-dealkylation sites (tertiary alicyclic amines) is 1. The van der Waals surface area contributed by atoms with Crippen LogP contribution in [0.4, 0.5) is 0 Å². The van der Waals surface area contributed by atoms with E-state index < -0.39 is 28.6 Å². The van der Waals surface area contributed by atoms with Crippen LogP contribution < -0.4 is 0 Å². The maximum Gasteiger partial charge on any atom is 0.293 e. The third kappa shape index (κ3) is 16.7. The molecule has 58 heavy (non-hydrogen) atoms. The van der Waals surface area contributed by atoms with Gasteiger partial charge in [-0.3, -0.25) is 19.2 Å². The molecule has 2 aromatic rings. The van der Waals surface area contributed by atoms with Gasteiger partial charge >= 0.3 is 0 Å². The van der Waals surface area contributed by atoms with Gasteiger partial charge in [-0.15, -0.1) is 0 Å². The molecular formula is C49H76N2O7. The smallest absolute Gasteiger partial charge is 0.293 e. The molecule has 2 fully saturated rings. The third-order valence-electron chi connectivity index (χ3n) is 11.2. The van der Waals surface area contributed by atoms with Crippen LogP contribution >= 0.6 is 0 Å². The number of aryl methyl sites for hydroxylation is 2. The van der Waals surface area contributed by atoms with Crippen molar-refractivity contribution in [3.63, 3.8) is 0 Å². The fourth-order valence-electron chi connectivity index (χ4n) is 7.10. The second-order valence-corrected chi connectivity index (χ2v) is 17.4. The minimum Gasteiger partial charge on any atom is -0.508 e. The normalized spacial score (nSPS) is 17.3. The third-order valence-corrected chi connectivity index (χ3v) is 11.2. The number of carbonyl (C=O) groups is 4. The number of hydrogen-bond acceptors (Lipinski definition) is 7. The van der Waals surface area contributed by atoms with Crippen LogP contribution in [-0.2, 0) is 41.5 Å². The second-order valence-electron chi connectivity index (χ2n) is 17.4. The molecule has 2 amide bonds. The highest BCUT2D eigenvalue weighted by Crippen LogP contribution is 2.28. The highest BCUT2D eigenvalue weighted by molar-refractivity contribution is 6.38. The highest BCUT2D eigenvalue weighted by atomic mass is 16.5. The van der Waals surface area contributed by atoms with Crippen LogP contribution in [0, 0.1) is 16.7 Å².